The molecule has 10 heteroatoms. The van der Waals surface area contributed by atoms with E-state index in [0.29, 0.717) is 44.7 Å². The summed E-state index contributed by atoms with van der Waals surface area (Å²) in [5, 5.41) is 3.80. The van der Waals surface area contributed by atoms with Gasteiger partial charge in [0.15, 0.2) is 0 Å². The Morgan fingerprint density at radius 2 is 2.16 bits per heavy atom. The van der Waals surface area contributed by atoms with Crippen LogP contribution in [-0.4, -0.2) is 46.4 Å². The van der Waals surface area contributed by atoms with Crippen LogP contribution in [-0.2, 0) is 27.8 Å². The van der Waals surface area contributed by atoms with Gasteiger partial charge in [0.1, 0.15) is 17.7 Å². The maximum atomic E-state index is 14.2. The number of nitrogens with two attached hydrogens (primary N) is 1. The molecule has 0 saturated carbocycles. The normalized spacial score (nSPS) is 24.9. The van der Waals surface area contributed by atoms with Crippen molar-refractivity contribution in [2.45, 2.75) is 62.7 Å². The van der Waals surface area contributed by atoms with Crippen LogP contribution in [0.15, 0.2) is 37.1 Å². The van der Waals surface area contributed by atoms with E-state index in [1.54, 1.807) is 12.3 Å². The van der Waals surface area contributed by atoms with E-state index in [1.165, 1.54) is 0 Å². The highest BCUT2D eigenvalue weighted by atomic mass is 32.2. The van der Waals surface area contributed by atoms with Crippen molar-refractivity contribution in [3.05, 3.63) is 65.5 Å². The van der Waals surface area contributed by atoms with Gasteiger partial charge in [0, 0.05) is 42.5 Å². The smallest absolute Gasteiger partial charge is 0.256 e. The van der Waals surface area contributed by atoms with Gasteiger partial charge in [-0.3, -0.25) is 4.90 Å². The molecule has 2 aliphatic rings. The summed E-state index contributed by atoms with van der Waals surface area (Å²) in [6.45, 7) is 6.80. The molecule has 2 N–H and O–H groups in total. The Morgan fingerprint density at radius 1 is 1.38 bits per heavy atom. The first-order chi connectivity index (χ1) is 15.2. The Balaban J connectivity index is 1.43. The lowest BCUT2D eigenvalue weighted by atomic mass is 9.93. The molecule has 2 aliphatic heterocycles. The van der Waals surface area contributed by atoms with E-state index in [1.807, 2.05) is 6.92 Å². The predicted octanol–water partition coefficient (Wildman–Crippen LogP) is 2.87. The van der Waals surface area contributed by atoms with Crippen LogP contribution < -0.4 is 5.73 Å². The molecule has 32 heavy (non-hydrogen) atoms. The number of fused-ring (bicyclic) bond motifs is 1. The molecule has 4 rings (SSSR count). The van der Waals surface area contributed by atoms with Crippen LogP contribution >= 0.6 is 0 Å². The molecule has 4 atom stereocenters. The van der Waals surface area contributed by atoms with Crippen LogP contribution in [0.25, 0.3) is 0 Å². The zero-order chi connectivity index (χ0) is 23.0. The summed E-state index contributed by atoms with van der Waals surface area (Å²) < 4.78 is 60.4. The molecular weight excluding hydrogens is 438 g/mol. The van der Waals surface area contributed by atoms with Crippen LogP contribution in [0.3, 0.4) is 0 Å². The van der Waals surface area contributed by atoms with Crippen molar-refractivity contribution in [2.24, 2.45) is 5.73 Å². The molecule has 1 fully saturated rings. The van der Waals surface area contributed by atoms with Gasteiger partial charge >= 0.3 is 0 Å². The molecule has 0 bridgehead atoms. The molecule has 2 aromatic rings. The standard InChI is InChI=1S/C22H28F2N4O3S/c1-3-5-17(4-2)32(29,30)28-11-14-10-27(12-21(14)26-28)16-9-20(25)22(31-13-16)18-8-15(23)6-7-19(18)24/h3,6-8,11,16-17,20,22H,1,4-5,9-10,12-13,25H2,2H3/t16?,17?,20-,22+/m0/s1. The molecule has 3 heterocycles. The lowest BCUT2D eigenvalue weighted by molar-refractivity contribution is -0.0533. The monoisotopic (exact) mass is 466 g/mol. The summed E-state index contributed by atoms with van der Waals surface area (Å²) in [6.07, 6.45) is 3.89. The second kappa shape index (κ2) is 9.01. The molecule has 0 aliphatic carbocycles. The zero-order valence-electron chi connectivity index (χ0n) is 18.0. The molecular formula is C22H28F2N4O3S. The predicted molar refractivity (Wildman–Crippen MR) is 116 cm³/mol. The van der Waals surface area contributed by atoms with Crippen LogP contribution in [0.4, 0.5) is 8.78 Å². The Labute approximate surface area is 186 Å². The molecule has 7 nitrogen and oxygen atoms in total. The largest absolute Gasteiger partial charge is 0.370 e. The minimum atomic E-state index is -3.58. The summed E-state index contributed by atoms with van der Waals surface area (Å²) in [4.78, 5) is 2.13. The summed E-state index contributed by atoms with van der Waals surface area (Å²) in [6, 6.07) is 2.75. The average Bonchev–Trinajstić information content (AvgIpc) is 3.33. The van der Waals surface area contributed by atoms with Gasteiger partial charge in [-0.2, -0.15) is 9.19 Å². The SMILES string of the molecule is C=CCC(CC)S(=O)(=O)n1cc2c(n1)CN(C1CO[C@H](c3cc(F)ccc3F)[C@@H](N)C1)C2. The van der Waals surface area contributed by atoms with E-state index in [9.17, 15) is 17.2 Å². The Morgan fingerprint density at radius 3 is 2.81 bits per heavy atom. The molecule has 174 valence electrons. The molecule has 1 aromatic heterocycles. The van der Waals surface area contributed by atoms with Crippen LogP contribution in [0.1, 0.15) is 49.1 Å². The lowest BCUT2D eigenvalue weighted by Gasteiger charge is -2.38. The van der Waals surface area contributed by atoms with E-state index >= 15 is 0 Å². The van der Waals surface area contributed by atoms with Gasteiger partial charge in [0.2, 0.25) is 0 Å². The van der Waals surface area contributed by atoms with Gasteiger partial charge < -0.3 is 10.5 Å². The molecule has 1 saturated heterocycles. The molecule has 0 spiro atoms. The minimum Gasteiger partial charge on any atom is -0.370 e. The van der Waals surface area contributed by atoms with Gasteiger partial charge in [0.05, 0.1) is 17.6 Å². The number of rotatable bonds is 7. The van der Waals surface area contributed by atoms with Crippen molar-refractivity contribution in [3.8, 4) is 0 Å². The maximum absolute atomic E-state index is 14.2. The average molecular weight is 467 g/mol. The van der Waals surface area contributed by atoms with Crippen molar-refractivity contribution in [2.75, 3.05) is 6.61 Å². The fourth-order valence-electron chi connectivity index (χ4n) is 4.53. The van der Waals surface area contributed by atoms with Crippen molar-refractivity contribution in [3.63, 3.8) is 0 Å². The van der Waals surface area contributed by atoms with E-state index in [4.69, 9.17) is 10.5 Å². The van der Waals surface area contributed by atoms with E-state index < -0.39 is 39.1 Å². The van der Waals surface area contributed by atoms with Crippen molar-refractivity contribution in [1.82, 2.24) is 14.1 Å². The third kappa shape index (κ3) is 4.24. The fraction of sp³-hybridized carbons (Fsp3) is 0.500. The molecule has 0 radical (unpaired) electrons. The Bertz CT molecular complexity index is 1080. The summed E-state index contributed by atoms with van der Waals surface area (Å²) in [5.74, 6) is -1.07. The van der Waals surface area contributed by atoms with Gasteiger partial charge in [-0.25, -0.2) is 17.2 Å². The van der Waals surface area contributed by atoms with Gasteiger partial charge in [-0.05, 0) is 37.5 Å². The summed E-state index contributed by atoms with van der Waals surface area (Å²) in [7, 11) is -3.58. The Hall–Kier alpha value is -2.14. The number of hydrogen-bond acceptors (Lipinski definition) is 6. The zero-order valence-corrected chi connectivity index (χ0v) is 18.8. The Kier molecular flexibility index (Phi) is 6.49. The van der Waals surface area contributed by atoms with Crippen LogP contribution in [0.5, 0.6) is 0 Å². The number of halogens is 2. The first-order valence-corrected chi connectivity index (χ1v) is 12.2. The van der Waals surface area contributed by atoms with Crippen molar-refractivity contribution in [1.29, 1.82) is 0 Å². The topological polar surface area (TPSA) is 90.5 Å². The molecule has 0 amide bonds. The number of ether oxygens (including phenoxy) is 1. The van der Waals surface area contributed by atoms with Crippen molar-refractivity contribution < 1.29 is 21.9 Å². The third-order valence-corrected chi connectivity index (χ3v) is 8.41. The first kappa shape index (κ1) is 23.0. The maximum Gasteiger partial charge on any atom is 0.256 e. The first-order valence-electron chi connectivity index (χ1n) is 10.7. The highest BCUT2D eigenvalue weighted by molar-refractivity contribution is 7.90. The number of aromatic nitrogens is 2. The second-order valence-electron chi connectivity index (χ2n) is 8.45. The number of allylic oxidation sites excluding steroid dienone is 1. The fourth-order valence-corrected chi connectivity index (χ4v) is 6.12. The van der Waals surface area contributed by atoms with E-state index in [2.05, 4.69) is 16.6 Å². The van der Waals surface area contributed by atoms with Gasteiger partial charge in [0.25, 0.3) is 10.0 Å². The van der Waals surface area contributed by atoms with Crippen LogP contribution in [0.2, 0.25) is 0 Å². The summed E-state index contributed by atoms with van der Waals surface area (Å²) in [5.41, 5.74) is 7.98. The van der Waals surface area contributed by atoms with E-state index in [-0.39, 0.29) is 11.6 Å². The van der Waals surface area contributed by atoms with Crippen molar-refractivity contribution >= 4 is 10.0 Å². The minimum absolute atomic E-state index is 0.0266. The quantitative estimate of drug-likeness (QED) is 0.631. The highest BCUT2D eigenvalue weighted by Crippen LogP contribution is 2.34. The highest BCUT2D eigenvalue weighted by Gasteiger charge is 2.38. The summed E-state index contributed by atoms with van der Waals surface area (Å²) >= 11 is 0. The van der Waals surface area contributed by atoms with Crippen LogP contribution in [0, 0.1) is 11.6 Å². The van der Waals surface area contributed by atoms with Gasteiger partial charge in [-0.15, -0.1) is 6.58 Å². The van der Waals surface area contributed by atoms with E-state index in [0.717, 1.165) is 27.8 Å². The second-order valence-corrected chi connectivity index (χ2v) is 10.5. The third-order valence-electron chi connectivity index (χ3n) is 6.33. The number of hydrogen-bond donors (Lipinski definition) is 1. The molecule has 1 aromatic carbocycles. The lowest BCUT2D eigenvalue weighted by Crippen LogP contribution is -2.47. The number of nitrogens with zero attached hydrogens (tertiary/aromatic N) is 3. The number of benzene rings is 1. The van der Waals surface area contributed by atoms with Gasteiger partial charge in [-0.1, -0.05) is 13.0 Å². The molecule has 2 unspecified atom stereocenters.